The number of aromatic nitrogens is 1. The van der Waals surface area contributed by atoms with Crippen LogP contribution in [-0.2, 0) is 16.0 Å². The largest absolute Gasteiger partial charge is 0.469 e. The summed E-state index contributed by atoms with van der Waals surface area (Å²) < 4.78 is 4.65. The number of ether oxygens (including phenoxy) is 1. The van der Waals surface area contributed by atoms with Crippen molar-refractivity contribution >= 4 is 17.3 Å². The maximum Gasteiger partial charge on any atom is 0.311 e. The molecule has 1 aromatic rings. The summed E-state index contributed by atoms with van der Waals surface area (Å²) in [5.74, 6) is 1.28. The zero-order valence-corrected chi connectivity index (χ0v) is 11.3. The van der Waals surface area contributed by atoms with Gasteiger partial charge < -0.3 is 4.74 Å². The van der Waals surface area contributed by atoms with Crippen molar-refractivity contribution in [1.29, 1.82) is 0 Å². The molecule has 0 N–H and O–H groups in total. The third kappa shape index (κ3) is 3.06. The summed E-state index contributed by atoms with van der Waals surface area (Å²) in [7, 11) is 1.42. The molecule has 0 aromatic carbocycles. The zero-order chi connectivity index (χ0) is 12.3. The molecule has 1 fully saturated rings. The molecule has 0 amide bonds. The first kappa shape index (κ1) is 12.6. The molecule has 0 aliphatic heterocycles. The van der Waals surface area contributed by atoms with Crippen LogP contribution in [0.3, 0.4) is 0 Å². The lowest BCUT2D eigenvalue weighted by atomic mass is 10.0. The van der Waals surface area contributed by atoms with E-state index in [1.54, 1.807) is 11.3 Å². The van der Waals surface area contributed by atoms with Gasteiger partial charge in [-0.2, -0.15) is 0 Å². The first-order chi connectivity index (χ1) is 8.22. The summed E-state index contributed by atoms with van der Waals surface area (Å²) in [5.41, 5.74) is 0.858. The summed E-state index contributed by atoms with van der Waals surface area (Å²) in [4.78, 5) is 15.7. The molecule has 0 radical (unpaired) electrons. The fourth-order valence-corrected chi connectivity index (χ4v) is 3.45. The third-order valence-corrected chi connectivity index (χ3v) is 4.65. The minimum atomic E-state index is -0.209. The molecule has 1 aromatic heterocycles. The summed E-state index contributed by atoms with van der Waals surface area (Å²) in [5, 5.41) is 3.20. The molecule has 3 nitrogen and oxygen atoms in total. The van der Waals surface area contributed by atoms with Crippen molar-refractivity contribution in [2.45, 2.75) is 44.9 Å². The quantitative estimate of drug-likeness (QED) is 0.774. The van der Waals surface area contributed by atoms with Crippen LogP contribution in [-0.4, -0.2) is 18.1 Å². The van der Waals surface area contributed by atoms with E-state index in [2.05, 4.69) is 16.6 Å². The maximum absolute atomic E-state index is 11.2. The van der Waals surface area contributed by atoms with Crippen LogP contribution in [0.4, 0.5) is 0 Å². The van der Waals surface area contributed by atoms with Gasteiger partial charge in [0, 0.05) is 11.3 Å². The summed E-state index contributed by atoms with van der Waals surface area (Å²) in [6, 6.07) is 0. The SMILES string of the molecule is CCC1CCC(c2nc(CC(=O)OC)cs2)C1. The van der Waals surface area contributed by atoms with Gasteiger partial charge in [-0.3, -0.25) is 4.79 Å². The van der Waals surface area contributed by atoms with Crippen LogP contribution < -0.4 is 0 Å². The molecule has 1 heterocycles. The average Bonchev–Trinajstić information content (AvgIpc) is 2.96. The molecule has 2 atom stereocenters. The lowest BCUT2D eigenvalue weighted by Gasteiger charge is -2.06. The fraction of sp³-hybridized carbons (Fsp3) is 0.692. The van der Waals surface area contributed by atoms with Crippen molar-refractivity contribution in [2.24, 2.45) is 5.92 Å². The number of hydrogen-bond donors (Lipinski definition) is 0. The van der Waals surface area contributed by atoms with Crippen molar-refractivity contribution in [2.75, 3.05) is 7.11 Å². The first-order valence-electron chi connectivity index (χ1n) is 6.24. The van der Waals surface area contributed by atoms with Gasteiger partial charge in [-0.25, -0.2) is 4.98 Å². The second-order valence-corrected chi connectivity index (χ2v) is 5.60. The van der Waals surface area contributed by atoms with Crippen LogP contribution >= 0.6 is 11.3 Å². The Morgan fingerprint density at radius 3 is 3.06 bits per heavy atom. The van der Waals surface area contributed by atoms with Gasteiger partial charge in [0.2, 0.25) is 0 Å². The molecule has 94 valence electrons. The van der Waals surface area contributed by atoms with Gasteiger partial charge in [-0.15, -0.1) is 11.3 Å². The normalized spacial score (nSPS) is 23.9. The zero-order valence-electron chi connectivity index (χ0n) is 10.4. The number of esters is 1. The molecule has 0 spiro atoms. The highest BCUT2D eigenvalue weighted by atomic mass is 32.1. The molecular weight excluding hydrogens is 234 g/mol. The van der Waals surface area contributed by atoms with Gasteiger partial charge >= 0.3 is 5.97 Å². The Bertz CT molecular complexity index is 389. The van der Waals surface area contributed by atoms with Crippen molar-refractivity contribution in [1.82, 2.24) is 4.98 Å². The molecule has 2 rings (SSSR count). The Labute approximate surface area is 106 Å². The van der Waals surface area contributed by atoms with Gasteiger partial charge in [0.05, 0.1) is 24.2 Å². The Hall–Kier alpha value is -0.900. The van der Waals surface area contributed by atoms with Gasteiger partial charge in [0.1, 0.15) is 0 Å². The van der Waals surface area contributed by atoms with E-state index in [1.165, 1.54) is 37.8 Å². The Morgan fingerprint density at radius 1 is 1.59 bits per heavy atom. The molecule has 4 heteroatoms. The minimum absolute atomic E-state index is 0.209. The molecule has 1 aliphatic carbocycles. The molecule has 1 aliphatic rings. The Morgan fingerprint density at radius 2 is 2.41 bits per heavy atom. The van der Waals surface area contributed by atoms with E-state index in [4.69, 9.17) is 0 Å². The van der Waals surface area contributed by atoms with Crippen molar-refractivity contribution in [3.05, 3.63) is 16.1 Å². The maximum atomic E-state index is 11.2. The number of hydrogen-bond acceptors (Lipinski definition) is 4. The Balaban J connectivity index is 1.96. The van der Waals surface area contributed by atoms with Gasteiger partial charge in [0.25, 0.3) is 0 Å². The number of thiazole rings is 1. The predicted octanol–water partition coefficient (Wildman–Crippen LogP) is 3.15. The van der Waals surface area contributed by atoms with Gasteiger partial charge in [-0.1, -0.05) is 13.3 Å². The van der Waals surface area contributed by atoms with Crippen LogP contribution in [0.25, 0.3) is 0 Å². The molecule has 17 heavy (non-hydrogen) atoms. The van der Waals surface area contributed by atoms with E-state index in [1.807, 2.05) is 5.38 Å². The highest BCUT2D eigenvalue weighted by molar-refractivity contribution is 7.09. The number of carbonyl (C=O) groups is 1. The monoisotopic (exact) mass is 253 g/mol. The number of methoxy groups -OCH3 is 1. The van der Waals surface area contributed by atoms with Gasteiger partial charge in [0.15, 0.2) is 0 Å². The second kappa shape index (κ2) is 5.63. The summed E-state index contributed by atoms with van der Waals surface area (Å²) in [6.07, 6.45) is 5.42. The first-order valence-corrected chi connectivity index (χ1v) is 7.12. The minimum Gasteiger partial charge on any atom is -0.469 e. The standard InChI is InChI=1S/C13H19NO2S/c1-3-9-4-5-10(6-9)13-14-11(8-17-13)7-12(15)16-2/h8-10H,3-7H2,1-2H3. The third-order valence-electron chi connectivity index (χ3n) is 3.59. The molecule has 1 saturated carbocycles. The van der Waals surface area contributed by atoms with E-state index in [0.29, 0.717) is 12.3 Å². The fourth-order valence-electron chi connectivity index (χ4n) is 2.48. The predicted molar refractivity (Wildman–Crippen MR) is 68.2 cm³/mol. The van der Waals surface area contributed by atoms with Crippen molar-refractivity contribution in [3.8, 4) is 0 Å². The van der Waals surface area contributed by atoms with Crippen molar-refractivity contribution < 1.29 is 9.53 Å². The molecular formula is C13H19NO2S. The number of rotatable bonds is 4. The Kier molecular flexibility index (Phi) is 4.15. The van der Waals surface area contributed by atoms with E-state index < -0.39 is 0 Å². The average molecular weight is 253 g/mol. The van der Waals surface area contributed by atoms with E-state index in [-0.39, 0.29) is 5.97 Å². The number of carbonyl (C=O) groups excluding carboxylic acids is 1. The molecule has 2 unspecified atom stereocenters. The topological polar surface area (TPSA) is 39.2 Å². The lowest BCUT2D eigenvalue weighted by molar-refractivity contribution is -0.139. The van der Waals surface area contributed by atoms with E-state index in [9.17, 15) is 4.79 Å². The second-order valence-electron chi connectivity index (χ2n) is 4.71. The van der Waals surface area contributed by atoms with Crippen LogP contribution in [0, 0.1) is 5.92 Å². The highest BCUT2D eigenvalue weighted by Crippen LogP contribution is 2.40. The van der Waals surface area contributed by atoms with E-state index >= 15 is 0 Å². The van der Waals surface area contributed by atoms with Crippen LogP contribution in [0.5, 0.6) is 0 Å². The van der Waals surface area contributed by atoms with Crippen molar-refractivity contribution in [3.63, 3.8) is 0 Å². The molecule has 0 saturated heterocycles. The number of nitrogens with zero attached hydrogens (tertiary/aromatic N) is 1. The van der Waals surface area contributed by atoms with Crippen LogP contribution in [0.1, 0.15) is 49.2 Å². The van der Waals surface area contributed by atoms with E-state index in [0.717, 1.165) is 11.6 Å². The lowest BCUT2D eigenvalue weighted by Crippen LogP contribution is -2.05. The summed E-state index contributed by atoms with van der Waals surface area (Å²) >= 11 is 1.69. The van der Waals surface area contributed by atoms with Gasteiger partial charge in [-0.05, 0) is 25.2 Å². The summed E-state index contributed by atoms with van der Waals surface area (Å²) in [6.45, 7) is 2.26. The van der Waals surface area contributed by atoms with Crippen LogP contribution in [0.15, 0.2) is 5.38 Å². The van der Waals surface area contributed by atoms with Crippen LogP contribution in [0.2, 0.25) is 0 Å². The molecule has 0 bridgehead atoms. The highest BCUT2D eigenvalue weighted by Gasteiger charge is 2.26. The smallest absolute Gasteiger partial charge is 0.311 e.